The number of allylic oxidation sites excluding steroid dienone is 4. The van der Waals surface area contributed by atoms with Gasteiger partial charge in [-0.3, -0.25) is 9.59 Å². The summed E-state index contributed by atoms with van der Waals surface area (Å²) in [5, 5.41) is 22.7. The highest BCUT2D eigenvalue weighted by atomic mass is 35.5. The Labute approximate surface area is 202 Å². The van der Waals surface area contributed by atoms with Gasteiger partial charge >= 0.3 is 0 Å². The van der Waals surface area contributed by atoms with E-state index in [-0.39, 0.29) is 73.5 Å². The standard InChI is InChI=1S/C23H31FO4.3ClH/c1-5-18(26)23(28)13(2)10-17-16-7-6-14-11-15(25)8-9-20(14,3)22(16,24)19(27)12-21(17,23)4;;;/h8-9,11,13,16-17,19,27-28H,5-7,10,12H2,1-4H3;3*1H/t13-,16?,17?,19?,20+,21+,22+,23+;;;/m1.../s1. The van der Waals surface area contributed by atoms with E-state index in [0.717, 1.165) is 5.57 Å². The molecule has 3 saturated carbocycles. The monoisotopic (exact) mass is 498 g/mol. The van der Waals surface area contributed by atoms with Gasteiger partial charge in [-0.2, -0.15) is 0 Å². The molecule has 0 aliphatic heterocycles. The lowest BCUT2D eigenvalue weighted by Crippen LogP contribution is -2.69. The zero-order valence-corrected chi connectivity index (χ0v) is 20.8. The van der Waals surface area contributed by atoms with Crippen LogP contribution < -0.4 is 0 Å². The van der Waals surface area contributed by atoms with Crippen molar-refractivity contribution in [1.82, 2.24) is 0 Å². The van der Waals surface area contributed by atoms with Crippen molar-refractivity contribution in [2.45, 2.75) is 77.2 Å². The van der Waals surface area contributed by atoms with Gasteiger partial charge in [0, 0.05) is 23.2 Å². The fourth-order valence-corrected chi connectivity index (χ4v) is 7.41. The molecule has 4 aliphatic carbocycles. The molecule has 0 aromatic heterocycles. The predicted octanol–water partition coefficient (Wildman–Crippen LogP) is 4.58. The normalized spacial score (nSPS) is 47.5. The zero-order valence-electron chi connectivity index (χ0n) is 18.4. The van der Waals surface area contributed by atoms with E-state index < -0.39 is 34.1 Å². The van der Waals surface area contributed by atoms with Crippen molar-refractivity contribution in [2.75, 3.05) is 0 Å². The van der Waals surface area contributed by atoms with Crippen LogP contribution in [0.2, 0.25) is 0 Å². The number of carbonyl (C=O) groups is 2. The number of ketones is 2. The molecule has 3 unspecified atom stereocenters. The summed E-state index contributed by atoms with van der Waals surface area (Å²) in [5.41, 5.74) is -4.61. The van der Waals surface area contributed by atoms with Crippen LogP contribution in [0, 0.1) is 28.6 Å². The van der Waals surface area contributed by atoms with Crippen molar-refractivity contribution in [2.24, 2.45) is 28.6 Å². The summed E-state index contributed by atoms with van der Waals surface area (Å²) in [7, 11) is 0. The number of aliphatic hydroxyl groups excluding tert-OH is 1. The van der Waals surface area contributed by atoms with E-state index in [1.807, 2.05) is 13.8 Å². The van der Waals surface area contributed by atoms with Gasteiger partial charge < -0.3 is 10.2 Å². The van der Waals surface area contributed by atoms with Crippen LogP contribution in [0.1, 0.15) is 59.8 Å². The predicted molar refractivity (Wildman–Crippen MR) is 125 cm³/mol. The summed E-state index contributed by atoms with van der Waals surface area (Å²) in [5.74, 6) is -1.29. The van der Waals surface area contributed by atoms with Crippen LogP contribution in [0.4, 0.5) is 4.39 Å². The number of hydrogen-bond donors (Lipinski definition) is 2. The van der Waals surface area contributed by atoms with Gasteiger partial charge in [0.15, 0.2) is 17.2 Å². The topological polar surface area (TPSA) is 74.6 Å². The molecule has 0 radical (unpaired) electrons. The van der Waals surface area contributed by atoms with E-state index in [2.05, 4.69) is 0 Å². The largest absolute Gasteiger partial charge is 0.390 e. The molecular formula is C23H34Cl3FO4. The summed E-state index contributed by atoms with van der Waals surface area (Å²) in [6.45, 7) is 7.26. The summed E-state index contributed by atoms with van der Waals surface area (Å²) < 4.78 is 16.9. The molecule has 0 aromatic carbocycles. The fourth-order valence-electron chi connectivity index (χ4n) is 7.41. The number of alkyl halides is 1. The zero-order chi connectivity index (χ0) is 20.7. The average Bonchev–Trinajstić information content (AvgIpc) is 2.84. The number of carbonyl (C=O) groups excluding carboxylic acids is 2. The Morgan fingerprint density at radius 3 is 2.42 bits per heavy atom. The molecule has 3 fully saturated rings. The Kier molecular flexibility index (Phi) is 8.03. The molecule has 178 valence electrons. The van der Waals surface area contributed by atoms with Gasteiger partial charge in [0.25, 0.3) is 0 Å². The van der Waals surface area contributed by atoms with Crippen LogP contribution in [0.15, 0.2) is 23.8 Å². The van der Waals surface area contributed by atoms with Crippen molar-refractivity contribution in [3.05, 3.63) is 23.8 Å². The van der Waals surface area contributed by atoms with Crippen LogP contribution in [0.5, 0.6) is 0 Å². The van der Waals surface area contributed by atoms with Crippen LogP contribution >= 0.6 is 37.2 Å². The molecular weight excluding hydrogens is 466 g/mol. The maximum Gasteiger partial charge on any atom is 0.178 e. The summed E-state index contributed by atoms with van der Waals surface area (Å²) in [6.07, 6.45) is 5.18. The Balaban J connectivity index is 0.00000160. The highest BCUT2D eigenvalue weighted by molar-refractivity contribution is 6.01. The van der Waals surface area contributed by atoms with E-state index in [9.17, 15) is 19.8 Å². The Hall–Kier alpha value is -0.460. The van der Waals surface area contributed by atoms with Gasteiger partial charge in [0.1, 0.15) is 5.60 Å². The Morgan fingerprint density at radius 2 is 1.84 bits per heavy atom. The first kappa shape index (κ1) is 28.6. The highest BCUT2D eigenvalue weighted by Gasteiger charge is 2.75. The highest BCUT2D eigenvalue weighted by Crippen LogP contribution is 2.70. The molecule has 0 saturated heterocycles. The maximum atomic E-state index is 16.9. The SMILES string of the molecule is CCC(=O)[C@@]1(O)[C@H](C)CC2C3CCC4=CC(=O)C=C[C@]4(C)[C@@]3(F)C(O)C[C@@]21C.Cl.Cl.Cl. The molecule has 0 aromatic rings. The van der Waals surface area contributed by atoms with Gasteiger partial charge in [-0.1, -0.05) is 32.4 Å². The third kappa shape index (κ3) is 3.21. The number of rotatable bonds is 2. The van der Waals surface area contributed by atoms with Crippen LogP contribution in [-0.2, 0) is 9.59 Å². The number of halogens is 4. The fraction of sp³-hybridized carbons (Fsp3) is 0.739. The number of Topliss-reactive ketones (excluding diaryl/α,β-unsaturated/α-hetero) is 1. The molecule has 8 atom stereocenters. The van der Waals surface area contributed by atoms with Crippen LogP contribution in [0.3, 0.4) is 0 Å². The van der Waals surface area contributed by atoms with Crippen molar-refractivity contribution in [3.63, 3.8) is 0 Å². The summed E-state index contributed by atoms with van der Waals surface area (Å²) in [4.78, 5) is 24.7. The molecule has 4 nitrogen and oxygen atoms in total. The lowest BCUT2D eigenvalue weighted by molar-refractivity contribution is -0.218. The van der Waals surface area contributed by atoms with Crippen molar-refractivity contribution < 1.29 is 24.2 Å². The second-order valence-corrected chi connectivity index (χ2v) is 9.94. The minimum atomic E-state index is -1.92. The lowest BCUT2D eigenvalue weighted by Gasteiger charge is -2.62. The first-order valence-corrected chi connectivity index (χ1v) is 10.5. The first-order valence-electron chi connectivity index (χ1n) is 10.5. The summed E-state index contributed by atoms with van der Waals surface area (Å²) >= 11 is 0. The molecule has 31 heavy (non-hydrogen) atoms. The molecule has 0 amide bonds. The third-order valence-corrected chi connectivity index (χ3v) is 8.97. The molecule has 0 spiro atoms. The van der Waals surface area contributed by atoms with E-state index in [4.69, 9.17) is 0 Å². The molecule has 0 bridgehead atoms. The number of fused-ring (bicyclic) bond motifs is 5. The molecule has 4 aliphatic rings. The van der Waals surface area contributed by atoms with Gasteiger partial charge in [0.05, 0.1) is 6.10 Å². The minimum Gasteiger partial charge on any atom is -0.390 e. The van der Waals surface area contributed by atoms with Crippen molar-refractivity contribution in [3.8, 4) is 0 Å². The maximum absolute atomic E-state index is 16.9. The van der Waals surface area contributed by atoms with Gasteiger partial charge in [-0.05, 0) is 56.6 Å². The van der Waals surface area contributed by atoms with Crippen LogP contribution in [0.25, 0.3) is 0 Å². The van der Waals surface area contributed by atoms with Gasteiger partial charge in [-0.15, -0.1) is 37.2 Å². The second-order valence-electron chi connectivity index (χ2n) is 9.94. The van der Waals surface area contributed by atoms with E-state index in [1.54, 1.807) is 19.9 Å². The second kappa shape index (κ2) is 8.72. The van der Waals surface area contributed by atoms with Gasteiger partial charge in [0.2, 0.25) is 0 Å². The van der Waals surface area contributed by atoms with Crippen molar-refractivity contribution >= 4 is 48.8 Å². The molecule has 4 rings (SSSR count). The minimum absolute atomic E-state index is 0. The quantitative estimate of drug-likeness (QED) is 0.583. The Bertz CT molecular complexity index is 817. The smallest absolute Gasteiger partial charge is 0.178 e. The molecule has 8 heteroatoms. The van der Waals surface area contributed by atoms with E-state index in [0.29, 0.717) is 19.3 Å². The van der Waals surface area contributed by atoms with Crippen LogP contribution in [-0.4, -0.2) is 39.2 Å². The molecule has 0 heterocycles. The van der Waals surface area contributed by atoms with E-state index >= 15 is 4.39 Å². The number of hydrogen-bond acceptors (Lipinski definition) is 4. The van der Waals surface area contributed by atoms with E-state index in [1.165, 1.54) is 12.2 Å². The lowest BCUT2D eigenvalue weighted by atomic mass is 9.44. The van der Waals surface area contributed by atoms with Crippen molar-refractivity contribution in [1.29, 1.82) is 0 Å². The summed E-state index contributed by atoms with van der Waals surface area (Å²) in [6, 6.07) is 0. The Morgan fingerprint density at radius 1 is 1.23 bits per heavy atom. The third-order valence-electron chi connectivity index (χ3n) is 8.97. The van der Waals surface area contributed by atoms with Gasteiger partial charge in [-0.25, -0.2) is 4.39 Å². The average molecular weight is 500 g/mol. The molecule has 2 N–H and O–H groups in total. The first-order chi connectivity index (χ1) is 13.0. The number of aliphatic hydroxyl groups is 2.